The molecule has 1 N–H and O–H groups in total. The first-order valence-corrected chi connectivity index (χ1v) is 10.4. The molecule has 1 saturated heterocycles. The smallest absolute Gasteiger partial charge is 0.303 e. The van der Waals surface area contributed by atoms with E-state index in [1.807, 2.05) is 24.3 Å². The van der Waals surface area contributed by atoms with Crippen LogP contribution in [0, 0.1) is 0 Å². The number of phenols is 1. The largest absolute Gasteiger partial charge is 0.508 e. The number of hydrogen-bond donors (Lipinski definition) is 1. The Morgan fingerprint density at radius 3 is 2.59 bits per heavy atom. The van der Waals surface area contributed by atoms with Crippen LogP contribution in [-0.4, -0.2) is 44.1 Å². The molecule has 0 unspecified atom stereocenters. The first-order chi connectivity index (χ1) is 12.7. The van der Waals surface area contributed by atoms with Gasteiger partial charge < -0.3 is 14.6 Å². The molecule has 1 fully saturated rings. The highest BCUT2D eigenvalue weighted by molar-refractivity contribution is 7.86. The molecule has 27 heavy (non-hydrogen) atoms. The molecule has 7 nitrogen and oxygen atoms in total. The van der Waals surface area contributed by atoms with Gasteiger partial charge in [-0.3, -0.25) is 8.98 Å². The summed E-state index contributed by atoms with van der Waals surface area (Å²) in [7, 11) is -3.78. The molecule has 8 heteroatoms. The van der Waals surface area contributed by atoms with Gasteiger partial charge in [0.25, 0.3) is 10.1 Å². The third-order valence-electron chi connectivity index (χ3n) is 4.52. The van der Waals surface area contributed by atoms with Crippen molar-refractivity contribution in [2.24, 2.45) is 0 Å². The fraction of sp³-hybridized carbons (Fsp3) is 0.421. The molecule has 1 heterocycles. The summed E-state index contributed by atoms with van der Waals surface area (Å²) in [6.07, 6.45) is -1.98. The van der Waals surface area contributed by atoms with Crippen LogP contribution < -0.4 is 0 Å². The number of carbonyl (C=O) groups is 1. The average molecular weight is 394 g/mol. The van der Waals surface area contributed by atoms with Crippen LogP contribution in [0.1, 0.15) is 31.9 Å². The Balaban J connectivity index is 2.01. The van der Waals surface area contributed by atoms with Crippen molar-refractivity contribution in [1.29, 1.82) is 0 Å². The Kier molecular flexibility index (Phi) is 5.41. The summed E-state index contributed by atoms with van der Waals surface area (Å²) in [5, 5.41) is 12.2. The number of fused-ring (bicyclic) bond motifs is 1. The van der Waals surface area contributed by atoms with Crippen molar-refractivity contribution in [3.63, 3.8) is 0 Å². The Morgan fingerprint density at radius 2 is 1.93 bits per heavy atom. The van der Waals surface area contributed by atoms with Gasteiger partial charge in [-0.2, -0.15) is 8.42 Å². The summed E-state index contributed by atoms with van der Waals surface area (Å²) < 4.78 is 39.9. The molecule has 2 aromatic rings. The highest BCUT2D eigenvalue weighted by Gasteiger charge is 2.42. The molecule has 0 saturated carbocycles. The van der Waals surface area contributed by atoms with Crippen LogP contribution in [0.2, 0.25) is 0 Å². The predicted molar refractivity (Wildman–Crippen MR) is 98.8 cm³/mol. The van der Waals surface area contributed by atoms with Crippen LogP contribution in [0.5, 0.6) is 5.75 Å². The van der Waals surface area contributed by atoms with E-state index in [-0.39, 0.29) is 12.2 Å². The zero-order valence-electron chi connectivity index (χ0n) is 15.3. The van der Waals surface area contributed by atoms with Gasteiger partial charge in [0.15, 0.2) is 6.10 Å². The fourth-order valence-electron chi connectivity index (χ4n) is 3.53. The van der Waals surface area contributed by atoms with Gasteiger partial charge >= 0.3 is 5.97 Å². The van der Waals surface area contributed by atoms with E-state index < -0.39 is 40.5 Å². The normalized spacial score (nSPS) is 26.0. The van der Waals surface area contributed by atoms with Crippen molar-refractivity contribution < 1.29 is 32.0 Å². The van der Waals surface area contributed by atoms with Crippen molar-refractivity contribution >= 4 is 26.9 Å². The molecule has 0 amide bonds. The number of ether oxygens (including phenoxy) is 2. The van der Waals surface area contributed by atoms with Crippen LogP contribution in [0.4, 0.5) is 0 Å². The molecule has 0 radical (unpaired) electrons. The number of phenolic OH excluding ortho intramolecular Hbond substituents is 1. The topological polar surface area (TPSA) is 99.1 Å². The molecule has 4 atom stereocenters. The fourth-order valence-corrected chi connectivity index (χ4v) is 4.17. The minimum absolute atomic E-state index is 0.0509. The Bertz CT molecular complexity index is 954. The van der Waals surface area contributed by atoms with Crippen LogP contribution >= 0.6 is 0 Å². The van der Waals surface area contributed by atoms with Gasteiger partial charge in [-0.05, 0) is 23.8 Å². The zero-order chi connectivity index (χ0) is 19.8. The quantitative estimate of drug-likeness (QED) is 0.629. The molecule has 0 bridgehead atoms. The van der Waals surface area contributed by atoms with E-state index in [4.69, 9.17) is 13.7 Å². The number of rotatable bonds is 4. The summed E-state index contributed by atoms with van der Waals surface area (Å²) in [6.45, 7) is 2.92. The van der Waals surface area contributed by atoms with E-state index in [0.29, 0.717) is 5.56 Å². The molecular formula is C19H22O7S. The van der Waals surface area contributed by atoms with Gasteiger partial charge in [-0.25, -0.2) is 0 Å². The predicted octanol–water partition coefficient (Wildman–Crippen LogP) is 2.67. The van der Waals surface area contributed by atoms with Crippen molar-refractivity contribution in [3.8, 4) is 5.75 Å². The van der Waals surface area contributed by atoms with Gasteiger partial charge in [0.1, 0.15) is 11.9 Å². The third-order valence-corrected chi connectivity index (χ3v) is 5.12. The lowest BCUT2D eigenvalue weighted by Crippen LogP contribution is -2.48. The second kappa shape index (κ2) is 7.46. The van der Waals surface area contributed by atoms with Crippen molar-refractivity contribution in [2.45, 2.75) is 44.7 Å². The highest BCUT2D eigenvalue weighted by atomic mass is 32.2. The number of aromatic hydroxyl groups is 1. The SMILES string of the molecule is CC(=O)O[C@H]1[C@@H](OS(C)(=O)=O)C[C@H](c2c(O)ccc3ccccc23)O[C@@H]1C. The van der Waals surface area contributed by atoms with Crippen LogP contribution in [0.3, 0.4) is 0 Å². The molecule has 0 aromatic heterocycles. The van der Waals surface area contributed by atoms with E-state index in [2.05, 4.69) is 0 Å². The van der Waals surface area contributed by atoms with E-state index >= 15 is 0 Å². The van der Waals surface area contributed by atoms with E-state index in [1.165, 1.54) is 6.92 Å². The Hall–Kier alpha value is -2.16. The van der Waals surface area contributed by atoms with Gasteiger partial charge in [-0.1, -0.05) is 30.3 Å². The minimum atomic E-state index is -3.78. The van der Waals surface area contributed by atoms with Crippen LogP contribution in [0.15, 0.2) is 36.4 Å². The second-order valence-corrected chi connectivity index (χ2v) is 8.30. The molecule has 146 valence electrons. The number of carbonyl (C=O) groups excluding carboxylic acids is 1. The molecule has 0 aliphatic carbocycles. The van der Waals surface area contributed by atoms with E-state index in [1.54, 1.807) is 19.1 Å². The molecule has 2 aromatic carbocycles. The van der Waals surface area contributed by atoms with Gasteiger partial charge in [0.05, 0.1) is 18.5 Å². The number of hydrogen-bond acceptors (Lipinski definition) is 7. The minimum Gasteiger partial charge on any atom is -0.508 e. The Labute approximate surface area is 158 Å². The van der Waals surface area contributed by atoms with E-state index in [0.717, 1.165) is 17.0 Å². The first kappa shape index (κ1) is 19.6. The maximum absolute atomic E-state index is 11.7. The summed E-state index contributed by atoms with van der Waals surface area (Å²) >= 11 is 0. The molecule has 0 spiro atoms. The highest BCUT2D eigenvalue weighted by Crippen LogP contribution is 2.41. The summed E-state index contributed by atoms with van der Waals surface area (Å²) in [5.41, 5.74) is 0.559. The average Bonchev–Trinajstić information content (AvgIpc) is 2.56. The second-order valence-electron chi connectivity index (χ2n) is 6.70. The zero-order valence-corrected chi connectivity index (χ0v) is 16.1. The first-order valence-electron chi connectivity index (χ1n) is 8.57. The summed E-state index contributed by atoms with van der Waals surface area (Å²) in [5.74, 6) is -0.501. The lowest BCUT2D eigenvalue weighted by Gasteiger charge is -2.39. The van der Waals surface area contributed by atoms with Crippen molar-refractivity contribution in [3.05, 3.63) is 42.0 Å². The Morgan fingerprint density at radius 1 is 1.22 bits per heavy atom. The van der Waals surface area contributed by atoms with Gasteiger partial charge in [0, 0.05) is 18.9 Å². The van der Waals surface area contributed by atoms with E-state index in [9.17, 15) is 18.3 Å². The summed E-state index contributed by atoms with van der Waals surface area (Å²) in [4.78, 5) is 11.4. The van der Waals surface area contributed by atoms with Gasteiger partial charge in [-0.15, -0.1) is 0 Å². The third kappa shape index (κ3) is 4.40. The van der Waals surface area contributed by atoms with Crippen molar-refractivity contribution in [2.75, 3.05) is 6.26 Å². The van der Waals surface area contributed by atoms with Crippen molar-refractivity contribution in [1.82, 2.24) is 0 Å². The maximum Gasteiger partial charge on any atom is 0.303 e. The standard InChI is InChI=1S/C19H22O7S/c1-11-19(25-12(2)20)17(26-27(3,22)23)10-16(24-11)18-14-7-5-4-6-13(14)8-9-15(18)21/h4-9,11,16-17,19,21H,10H2,1-3H3/t11-,16-,17+,19-/m1/s1. The molecule has 1 aliphatic rings. The lowest BCUT2D eigenvalue weighted by molar-refractivity contribution is -0.188. The monoisotopic (exact) mass is 394 g/mol. The van der Waals surface area contributed by atoms with Crippen LogP contribution in [-0.2, 0) is 28.6 Å². The molecular weight excluding hydrogens is 372 g/mol. The molecule has 1 aliphatic heterocycles. The lowest BCUT2D eigenvalue weighted by atomic mass is 9.91. The number of benzene rings is 2. The summed E-state index contributed by atoms with van der Waals surface area (Å²) in [6, 6.07) is 10.9. The molecule has 3 rings (SSSR count). The maximum atomic E-state index is 11.7. The van der Waals surface area contributed by atoms with Crippen LogP contribution in [0.25, 0.3) is 10.8 Å². The van der Waals surface area contributed by atoms with Gasteiger partial charge in [0.2, 0.25) is 0 Å². The number of esters is 1.